The summed E-state index contributed by atoms with van der Waals surface area (Å²) in [6, 6.07) is 6.34. The Balaban J connectivity index is 1.50. The second-order valence-corrected chi connectivity index (χ2v) is 8.25. The highest BCUT2D eigenvalue weighted by atomic mass is 16.3. The molecule has 0 radical (unpaired) electrons. The molecule has 0 amide bonds. The maximum atomic E-state index is 10.5. The average Bonchev–Trinajstić information content (AvgIpc) is 3.35. The molecule has 2 aliphatic carbocycles. The molecule has 0 bridgehead atoms. The first kappa shape index (κ1) is 14.9. The number of hydrogen-bond donors (Lipinski definition) is 1. The third kappa shape index (κ3) is 4.02. The molecule has 0 atom stereocenters. The van der Waals surface area contributed by atoms with Crippen LogP contribution in [0.5, 0.6) is 5.75 Å². The van der Waals surface area contributed by atoms with Gasteiger partial charge in [0.25, 0.3) is 0 Å². The molecule has 3 rings (SSSR count). The number of benzene rings is 1. The zero-order valence-electron chi connectivity index (χ0n) is 13.8. The van der Waals surface area contributed by atoms with Crippen LogP contribution in [0, 0.1) is 10.8 Å². The quantitative estimate of drug-likeness (QED) is 0.656. The standard InChI is InChI=1S/C20H30O/c1-19(12-13-19)10-4-8-16-6-3-7-17(18(16)21)9-5-11-20(2)14-15-20/h3,6-7,21H,4-5,8-15H2,1-2H3. The van der Waals surface area contributed by atoms with Crippen LogP contribution < -0.4 is 0 Å². The van der Waals surface area contributed by atoms with Gasteiger partial charge in [0, 0.05) is 0 Å². The summed E-state index contributed by atoms with van der Waals surface area (Å²) in [5.41, 5.74) is 3.59. The van der Waals surface area contributed by atoms with Gasteiger partial charge in [-0.3, -0.25) is 0 Å². The third-order valence-electron chi connectivity index (χ3n) is 5.86. The molecule has 2 fully saturated rings. The van der Waals surface area contributed by atoms with Crippen molar-refractivity contribution in [1.82, 2.24) is 0 Å². The maximum Gasteiger partial charge on any atom is 0.121 e. The fourth-order valence-corrected chi connectivity index (χ4v) is 3.39. The van der Waals surface area contributed by atoms with Crippen molar-refractivity contribution in [3.05, 3.63) is 29.3 Å². The topological polar surface area (TPSA) is 20.2 Å². The Morgan fingerprint density at radius 3 is 1.67 bits per heavy atom. The van der Waals surface area contributed by atoms with Gasteiger partial charge in [0.1, 0.15) is 5.75 Å². The van der Waals surface area contributed by atoms with Crippen LogP contribution in [0.1, 0.15) is 76.3 Å². The Bertz CT molecular complexity index is 452. The van der Waals surface area contributed by atoms with E-state index in [0.29, 0.717) is 16.6 Å². The molecule has 0 heterocycles. The number of phenolic OH excluding ortho intramolecular Hbond substituents is 1. The van der Waals surface area contributed by atoms with Crippen LogP contribution in [0.3, 0.4) is 0 Å². The van der Waals surface area contributed by atoms with Crippen molar-refractivity contribution in [3.63, 3.8) is 0 Å². The lowest BCUT2D eigenvalue weighted by Gasteiger charge is -2.12. The molecule has 1 nitrogen and oxygen atoms in total. The van der Waals surface area contributed by atoms with E-state index in [1.165, 1.54) is 51.4 Å². The van der Waals surface area contributed by atoms with Gasteiger partial charge in [-0.2, -0.15) is 0 Å². The van der Waals surface area contributed by atoms with Gasteiger partial charge in [0.15, 0.2) is 0 Å². The van der Waals surface area contributed by atoms with E-state index in [9.17, 15) is 5.11 Å². The number of hydrogen-bond acceptors (Lipinski definition) is 1. The largest absolute Gasteiger partial charge is 0.507 e. The zero-order valence-corrected chi connectivity index (χ0v) is 13.8. The summed E-state index contributed by atoms with van der Waals surface area (Å²) in [6.07, 6.45) is 12.7. The molecule has 1 aromatic carbocycles. The van der Waals surface area contributed by atoms with Crippen LogP contribution in [-0.2, 0) is 12.8 Å². The van der Waals surface area contributed by atoms with Crippen LogP contribution in [0.2, 0.25) is 0 Å². The molecular weight excluding hydrogens is 256 g/mol. The minimum atomic E-state index is 0.583. The Morgan fingerprint density at radius 1 is 0.857 bits per heavy atom. The second kappa shape index (κ2) is 5.66. The molecule has 0 spiro atoms. The molecule has 2 aliphatic rings. The lowest BCUT2D eigenvalue weighted by Crippen LogP contribution is -1.98. The summed E-state index contributed by atoms with van der Waals surface area (Å²) in [4.78, 5) is 0. The fraction of sp³-hybridized carbons (Fsp3) is 0.700. The van der Waals surface area contributed by atoms with Crippen LogP contribution in [0.4, 0.5) is 0 Å². The fourth-order valence-electron chi connectivity index (χ4n) is 3.39. The van der Waals surface area contributed by atoms with Crippen molar-refractivity contribution in [1.29, 1.82) is 0 Å². The highest BCUT2D eigenvalue weighted by Crippen LogP contribution is 2.50. The van der Waals surface area contributed by atoms with Crippen molar-refractivity contribution in [2.75, 3.05) is 0 Å². The highest BCUT2D eigenvalue weighted by Gasteiger charge is 2.36. The van der Waals surface area contributed by atoms with E-state index in [4.69, 9.17) is 0 Å². The molecule has 21 heavy (non-hydrogen) atoms. The SMILES string of the molecule is CC1(CCCc2cccc(CCCC3(C)CC3)c2O)CC1. The first-order valence-electron chi connectivity index (χ1n) is 8.80. The second-order valence-electron chi connectivity index (χ2n) is 8.25. The van der Waals surface area contributed by atoms with Crippen molar-refractivity contribution >= 4 is 0 Å². The van der Waals surface area contributed by atoms with Gasteiger partial charge in [-0.1, -0.05) is 32.0 Å². The van der Waals surface area contributed by atoms with Crippen LogP contribution in [0.25, 0.3) is 0 Å². The van der Waals surface area contributed by atoms with E-state index in [0.717, 1.165) is 24.0 Å². The summed E-state index contributed by atoms with van der Waals surface area (Å²) in [7, 11) is 0. The van der Waals surface area contributed by atoms with Gasteiger partial charge in [-0.15, -0.1) is 0 Å². The number of para-hydroxylation sites is 1. The molecular formula is C20H30O. The molecule has 1 aromatic rings. The van der Waals surface area contributed by atoms with E-state index in [-0.39, 0.29) is 0 Å². The van der Waals surface area contributed by atoms with E-state index >= 15 is 0 Å². The minimum Gasteiger partial charge on any atom is -0.507 e. The summed E-state index contributed by atoms with van der Waals surface area (Å²) in [5, 5.41) is 10.5. The van der Waals surface area contributed by atoms with E-state index in [2.05, 4.69) is 32.0 Å². The van der Waals surface area contributed by atoms with E-state index in [1.807, 2.05) is 0 Å². The van der Waals surface area contributed by atoms with E-state index in [1.54, 1.807) is 0 Å². The Kier molecular flexibility index (Phi) is 4.03. The zero-order chi connectivity index (χ0) is 14.9. The number of phenols is 1. The van der Waals surface area contributed by atoms with Gasteiger partial charge in [0.05, 0.1) is 0 Å². The predicted octanol–water partition coefficient (Wildman–Crippen LogP) is 5.64. The normalized spacial score (nSPS) is 21.2. The monoisotopic (exact) mass is 286 g/mol. The number of aromatic hydroxyl groups is 1. The predicted molar refractivity (Wildman–Crippen MR) is 88.7 cm³/mol. The molecule has 0 saturated heterocycles. The van der Waals surface area contributed by atoms with Gasteiger partial charge in [-0.05, 0) is 86.2 Å². The lowest BCUT2D eigenvalue weighted by molar-refractivity contribution is 0.446. The summed E-state index contributed by atoms with van der Waals surface area (Å²) in [5.74, 6) is 0.583. The van der Waals surface area contributed by atoms with Crippen molar-refractivity contribution in [3.8, 4) is 5.75 Å². The van der Waals surface area contributed by atoms with Crippen LogP contribution in [-0.4, -0.2) is 5.11 Å². The van der Waals surface area contributed by atoms with Crippen LogP contribution >= 0.6 is 0 Å². The molecule has 1 N–H and O–H groups in total. The molecule has 0 aliphatic heterocycles. The molecule has 0 aromatic heterocycles. The van der Waals surface area contributed by atoms with E-state index < -0.39 is 0 Å². The third-order valence-corrected chi connectivity index (χ3v) is 5.86. The smallest absolute Gasteiger partial charge is 0.121 e. The van der Waals surface area contributed by atoms with Crippen molar-refractivity contribution < 1.29 is 5.11 Å². The first-order valence-corrected chi connectivity index (χ1v) is 8.80. The molecule has 0 unspecified atom stereocenters. The first-order chi connectivity index (χ1) is 10.00. The Labute approximate surface area is 129 Å². The molecule has 2 saturated carbocycles. The van der Waals surface area contributed by atoms with Gasteiger partial charge < -0.3 is 5.11 Å². The van der Waals surface area contributed by atoms with Gasteiger partial charge >= 0.3 is 0 Å². The summed E-state index contributed by atoms with van der Waals surface area (Å²) in [6.45, 7) is 4.78. The molecule has 1 heteroatoms. The number of aryl methyl sites for hydroxylation is 2. The Morgan fingerprint density at radius 2 is 1.29 bits per heavy atom. The maximum absolute atomic E-state index is 10.5. The lowest BCUT2D eigenvalue weighted by atomic mass is 9.95. The van der Waals surface area contributed by atoms with Gasteiger partial charge in [-0.25, -0.2) is 0 Å². The highest BCUT2D eigenvalue weighted by molar-refractivity contribution is 5.40. The Hall–Kier alpha value is -0.980. The molecule has 116 valence electrons. The van der Waals surface area contributed by atoms with Gasteiger partial charge in [0.2, 0.25) is 0 Å². The summed E-state index contributed by atoms with van der Waals surface area (Å²) < 4.78 is 0. The van der Waals surface area contributed by atoms with Crippen LogP contribution in [0.15, 0.2) is 18.2 Å². The van der Waals surface area contributed by atoms with Crippen molar-refractivity contribution in [2.24, 2.45) is 10.8 Å². The van der Waals surface area contributed by atoms with Crippen molar-refractivity contribution in [2.45, 2.75) is 78.1 Å². The number of rotatable bonds is 8. The minimum absolute atomic E-state index is 0.583. The average molecular weight is 286 g/mol. The summed E-state index contributed by atoms with van der Waals surface area (Å²) >= 11 is 0.